The number of hydrogen-bond acceptors (Lipinski definition) is 3. The zero-order valence-corrected chi connectivity index (χ0v) is 19.2. The van der Waals surface area contributed by atoms with Gasteiger partial charge in [-0.3, -0.25) is 4.79 Å². The lowest BCUT2D eigenvalue weighted by Crippen LogP contribution is -2.43. The predicted octanol–water partition coefficient (Wildman–Crippen LogP) is 4.03. The van der Waals surface area contributed by atoms with E-state index in [0.717, 1.165) is 25.8 Å². The summed E-state index contributed by atoms with van der Waals surface area (Å²) in [6.07, 6.45) is 1.56. The van der Waals surface area contributed by atoms with Crippen molar-refractivity contribution in [2.75, 3.05) is 26.2 Å². The molecular formula is C20H38N2O4Si. The summed E-state index contributed by atoms with van der Waals surface area (Å²) in [6.45, 7) is 17.7. The van der Waals surface area contributed by atoms with E-state index in [-0.39, 0.29) is 22.9 Å². The van der Waals surface area contributed by atoms with Gasteiger partial charge >= 0.3 is 6.09 Å². The van der Waals surface area contributed by atoms with Crippen molar-refractivity contribution in [2.45, 2.75) is 78.1 Å². The van der Waals surface area contributed by atoms with Gasteiger partial charge in [0.15, 0.2) is 8.32 Å². The molecule has 0 spiro atoms. The van der Waals surface area contributed by atoms with Gasteiger partial charge in [-0.05, 0) is 37.4 Å². The molecule has 0 radical (unpaired) electrons. The van der Waals surface area contributed by atoms with Gasteiger partial charge in [-0.2, -0.15) is 0 Å². The Labute approximate surface area is 165 Å². The Balaban J connectivity index is 2.05. The summed E-state index contributed by atoms with van der Waals surface area (Å²) in [5.74, 6) is 0.373. The lowest BCUT2D eigenvalue weighted by molar-refractivity contribution is -0.137. The fourth-order valence-corrected chi connectivity index (χ4v) is 4.83. The minimum atomic E-state index is -1.85. The van der Waals surface area contributed by atoms with Crippen molar-refractivity contribution in [1.29, 1.82) is 0 Å². The van der Waals surface area contributed by atoms with E-state index in [9.17, 15) is 14.7 Å². The molecule has 1 N–H and O–H groups in total. The number of carbonyl (C=O) groups is 2. The van der Waals surface area contributed by atoms with Gasteiger partial charge in [-0.1, -0.05) is 34.6 Å². The second-order valence-electron chi connectivity index (χ2n) is 10.3. The van der Waals surface area contributed by atoms with Crippen molar-refractivity contribution in [3.63, 3.8) is 0 Å². The van der Waals surface area contributed by atoms with Gasteiger partial charge in [0.1, 0.15) is 0 Å². The minimum absolute atomic E-state index is 0.138. The summed E-state index contributed by atoms with van der Waals surface area (Å²) in [5, 5.41) is 9.39. The monoisotopic (exact) mass is 398 g/mol. The fraction of sp³-hybridized carbons (Fsp3) is 0.900. The molecule has 2 unspecified atom stereocenters. The maximum Gasteiger partial charge on any atom is 0.407 e. The Morgan fingerprint density at radius 2 is 1.89 bits per heavy atom. The number of hydrogen-bond donors (Lipinski definition) is 1. The van der Waals surface area contributed by atoms with Crippen LogP contribution in [-0.2, 0) is 9.22 Å². The van der Waals surface area contributed by atoms with Gasteiger partial charge in [0.05, 0.1) is 5.41 Å². The molecule has 156 valence electrons. The van der Waals surface area contributed by atoms with E-state index < -0.39 is 19.8 Å². The normalized spacial score (nSPS) is 27.0. The summed E-state index contributed by atoms with van der Waals surface area (Å²) in [6, 6.07) is 0.138. The van der Waals surface area contributed by atoms with E-state index in [1.165, 1.54) is 4.90 Å². The first-order chi connectivity index (χ1) is 12.3. The summed E-state index contributed by atoms with van der Waals surface area (Å²) in [5.41, 5.74) is -0.429. The zero-order chi connectivity index (χ0) is 20.6. The van der Waals surface area contributed by atoms with Crippen LogP contribution in [0.1, 0.15) is 53.9 Å². The number of carboxylic acid groups (broad SMARTS) is 1. The van der Waals surface area contributed by atoms with E-state index in [2.05, 4.69) is 33.9 Å². The van der Waals surface area contributed by atoms with Crippen LogP contribution in [0.4, 0.5) is 4.79 Å². The molecule has 2 aliphatic rings. The van der Waals surface area contributed by atoms with E-state index in [4.69, 9.17) is 4.43 Å². The SMILES string of the molecule is CC1(C)C(=O)N(C2CCCN(C(=O)O)CC2)CC1CO[Si](C)(C)C(C)(C)C. The van der Waals surface area contributed by atoms with Crippen molar-refractivity contribution in [3.8, 4) is 0 Å². The van der Waals surface area contributed by atoms with E-state index in [1.54, 1.807) is 0 Å². The molecule has 0 aliphatic carbocycles. The van der Waals surface area contributed by atoms with Crippen LogP contribution in [0, 0.1) is 11.3 Å². The van der Waals surface area contributed by atoms with Crippen LogP contribution in [0.15, 0.2) is 0 Å². The first-order valence-electron chi connectivity index (χ1n) is 10.2. The highest BCUT2D eigenvalue weighted by Gasteiger charge is 2.50. The van der Waals surface area contributed by atoms with Gasteiger partial charge in [0.25, 0.3) is 0 Å². The van der Waals surface area contributed by atoms with Crippen LogP contribution in [0.3, 0.4) is 0 Å². The molecule has 2 fully saturated rings. The standard InChI is InChI=1S/C20H38N2O4Si/c1-19(2,3)27(6,7)26-14-15-13-22(17(23)20(15,4)5)16-9-8-11-21(12-10-16)18(24)25/h15-16H,8-14H2,1-7H3,(H,24,25). The topological polar surface area (TPSA) is 70.1 Å². The second-order valence-corrected chi connectivity index (χ2v) is 15.1. The van der Waals surface area contributed by atoms with Crippen LogP contribution >= 0.6 is 0 Å². The molecule has 6 nitrogen and oxygen atoms in total. The zero-order valence-electron chi connectivity index (χ0n) is 18.2. The van der Waals surface area contributed by atoms with Crippen LogP contribution in [0.2, 0.25) is 18.1 Å². The molecule has 27 heavy (non-hydrogen) atoms. The highest BCUT2D eigenvalue weighted by molar-refractivity contribution is 6.74. The minimum Gasteiger partial charge on any atom is -0.465 e. The average Bonchev–Trinajstić information content (AvgIpc) is 2.72. The summed E-state index contributed by atoms with van der Waals surface area (Å²) in [4.78, 5) is 27.9. The molecular weight excluding hydrogens is 360 g/mol. The summed E-state index contributed by atoms with van der Waals surface area (Å²) in [7, 11) is -1.85. The van der Waals surface area contributed by atoms with Crippen molar-refractivity contribution in [1.82, 2.24) is 9.80 Å². The number of amides is 2. The number of likely N-dealkylation sites (tertiary alicyclic amines) is 2. The van der Waals surface area contributed by atoms with E-state index in [0.29, 0.717) is 19.7 Å². The Morgan fingerprint density at radius 3 is 2.44 bits per heavy atom. The third kappa shape index (κ3) is 4.67. The fourth-order valence-electron chi connectivity index (χ4n) is 3.78. The van der Waals surface area contributed by atoms with Gasteiger partial charge in [-0.25, -0.2) is 4.79 Å². The molecule has 0 saturated carbocycles. The van der Waals surface area contributed by atoms with E-state index in [1.807, 2.05) is 18.7 Å². The van der Waals surface area contributed by atoms with E-state index >= 15 is 0 Å². The van der Waals surface area contributed by atoms with Crippen LogP contribution in [0.5, 0.6) is 0 Å². The first-order valence-corrected chi connectivity index (χ1v) is 13.1. The van der Waals surface area contributed by atoms with Gasteiger partial charge in [-0.15, -0.1) is 0 Å². The first kappa shape index (κ1) is 22.2. The smallest absolute Gasteiger partial charge is 0.407 e. The molecule has 2 amide bonds. The molecule has 0 bridgehead atoms. The van der Waals surface area contributed by atoms with Crippen LogP contribution in [-0.4, -0.2) is 67.5 Å². The summed E-state index contributed by atoms with van der Waals surface area (Å²) < 4.78 is 6.44. The molecule has 0 aromatic carbocycles. The van der Waals surface area contributed by atoms with Crippen molar-refractivity contribution < 1.29 is 19.1 Å². The lowest BCUT2D eigenvalue weighted by atomic mass is 9.82. The number of nitrogens with zero attached hydrogens (tertiary/aromatic N) is 2. The Morgan fingerprint density at radius 1 is 1.26 bits per heavy atom. The Hall–Kier alpha value is -1.08. The number of carbonyl (C=O) groups excluding carboxylic acids is 1. The third-order valence-electron chi connectivity index (χ3n) is 7.11. The molecule has 0 aromatic rings. The predicted molar refractivity (Wildman–Crippen MR) is 109 cm³/mol. The van der Waals surface area contributed by atoms with Gasteiger partial charge in [0, 0.05) is 38.2 Å². The molecule has 2 atom stereocenters. The van der Waals surface area contributed by atoms with Gasteiger partial charge in [0.2, 0.25) is 5.91 Å². The average molecular weight is 399 g/mol. The summed E-state index contributed by atoms with van der Waals surface area (Å²) >= 11 is 0. The van der Waals surface area contributed by atoms with Crippen molar-refractivity contribution in [2.24, 2.45) is 11.3 Å². The molecule has 2 aliphatic heterocycles. The second kappa shape index (κ2) is 7.74. The Bertz CT molecular complexity index is 571. The van der Waals surface area contributed by atoms with Crippen LogP contribution in [0.25, 0.3) is 0 Å². The van der Waals surface area contributed by atoms with Crippen LogP contribution < -0.4 is 0 Å². The molecule has 0 aromatic heterocycles. The maximum absolute atomic E-state index is 13.1. The number of rotatable bonds is 4. The highest BCUT2D eigenvalue weighted by atomic mass is 28.4. The Kier molecular flexibility index (Phi) is 6.37. The van der Waals surface area contributed by atoms with Crippen molar-refractivity contribution >= 4 is 20.3 Å². The molecule has 2 rings (SSSR count). The quantitative estimate of drug-likeness (QED) is 0.726. The largest absolute Gasteiger partial charge is 0.465 e. The molecule has 2 saturated heterocycles. The molecule has 7 heteroatoms. The van der Waals surface area contributed by atoms with Gasteiger partial charge < -0.3 is 19.3 Å². The maximum atomic E-state index is 13.1. The molecule has 2 heterocycles. The lowest BCUT2D eigenvalue weighted by Gasteiger charge is -2.38. The van der Waals surface area contributed by atoms with Crippen molar-refractivity contribution in [3.05, 3.63) is 0 Å². The highest BCUT2D eigenvalue weighted by Crippen LogP contribution is 2.42. The third-order valence-corrected chi connectivity index (χ3v) is 11.6.